The monoisotopic (exact) mass is 342 g/mol. The number of anilines is 1. The van der Waals surface area contributed by atoms with E-state index in [1.54, 1.807) is 13.0 Å². The Morgan fingerprint density at radius 1 is 1.24 bits per heavy atom. The van der Waals surface area contributed by atoms with Gasteiger partial charge < -0.3 is 9.88 Å². The third-order valence-corrected chi connectivity index (χ3v) is 5.13. The van der Waals surface area contributed by atoms with Gasteiger partial charge in [-0.2, -0.15) is 0 Å². The maximum atomic E-state index is 14.5. The SMILES string of the molecule is Cc1nc2c(c(=O)[nH]1)CN(Cc1ccc(N3CCCC3)c(F)c1)CC2. The van der Waals surface area contributed by atoms with E-state index in [0.29, 0.717) is 24.6 Å². The summed E-state index contributed by atoms with van der Waals surface area (Å²) in [4.78, 5) is 23.6. The van der Waals surface area contributed by atoms with Crippen LogP contribution in [0.1, 0.15) is 35.5 Å². The molecule has 1 aromatic heterocycles. The number of halogens is 1. The fourth-order valence-electron chi connectivity index (χ4n) is 3.86. The number of aromatic amines is 1. The fourth-order valence-corrected chi connectivity index (χ4v) is 3.86. The highest BCUT2D eigenvalue weighted by Crippen LogP contribution is 2.25. The van der Waals surface area contributed by atoms with E-state index in [9.17, 15) is 9.18 Å². The molecule has 6 heteroatoms. The molecule has 0 radical (unpaired) electrons. The van der Waals surface area contributed by atoms with Crippen LogP contribution in [0.5, 0.6) is 0 Å². The van der Waals surface area contributed by atoms with Crippen molar-refractivity contribution in [3.8, 4) is 0 Å². The van der Waals surface area contributed by atoms with Crippen molar-refractivity contribution in [2.75, 3.05) is 24.5 Å². The minimum Gasteiger partial charge on any atom is -0.369 e. The quantitative estimate of drug-likeness (QED) is 0.930. The van der Waals surface area contributed by atoms with Crippen molar-refractivity contribution in [3.63, 3.8) is 0 Å². The van der Waals surface area contributed by atoms with E-state index >= 15 is 0 Å². The molecular formula is C19H23FN4O. The first-order valence-electron chi connectivity index (χ1n) is 8.94. The van der Waals surface area contributed by atoms with Crippen LogP contribution < -0.4 is 10.5 Å². The minimum atomic E-state index is -0.146. The summed E-state index contributed by atoms with van der Waals surface area (Å²) in [7, 11) is 0. The molecule has 5 nitrogen and oxygen atoms in total. The van der Waals surface area contributed by atoms with Crippen molar-refractivity contribution < 1.29 is 4.39 Å². The Kier molecular flexibility index (Phi) is 4.29. The number of fused-ring (bicyclic) bond motifs is 1. The fraction of sp³-hybridized carbons (Fsp3) is 0.474. The zero-order chi connectivity index (χ0) is 17.4. The van der Waals surface area contributed by atoms with Crippen LogP contribution >= 0.6 is 0 Å². The van der Waals surface area contributed by atoms with Gasteiger partial charge in [0.25, 0.3) is 5.56 Å². The van der Waals surface area contributed by atoms with Gasteiger partial charge in [0, 0.05) is 39.1 Å². The lowest BCUT2D eigenvalue weighted by Crippen LogP contribution is -2.35. The number of aromatic nitrogens is 2. The Bertz CT molecular complexity index is 842. The lowest BCUT2D eigenvalue weighted by atomic mass is 10.1. The van der Waals surface area contributed by atoms with Crippen molar-refractivity contribution in [2.24, 2.45) is 0 Å². The first-order chi connectivity index (χ1) is 12.1. The number of nitrogens with zero attached hydrogens (tertiary/aromatic N) is 3. The molecule has 132 valence electrons. The van der Waals surface area contributed by atoms with E-state index in [0.717, 1.165) is 55.7 Å². The molecule has 0 aliphatic carbocycles. The Hall–Kier alpha value is -2.21. The third kappa shape index (κ3) is 3.31. The van der Waals surface area contributed by atoms with Gasteiger partial charge in [0.15, 0.2) is 0 Å². The standard InChI is InChI=1S/C19H23FN4O/c1-13-21-17-6-9-23(12-15(17)19(25)22-13)11-14-4-5-18(16(20)10-14)24-7-2-3-8-24/h4-5,10H,2-3,6-9,11-12H2,1H3,(H,21,22,25). The van der Waals surface area contributed by atoms with Crippen molar-refractivity contribution in [2.45, 2.75) is 39.3 Å². The number of nitrogens with one attached hydrogen (secondary N) is 1. The zero-order valence-corrected chi connectivity index (χ0v) is 14.5. The van der Waals surface area contributed by atoms with Gasteiger partial charge in [0.2, 0.25) is 0 Å². The van der Waals surface area contributed by atoms with Gasteiger partial charge >= 0.3 is 0 Å². The first kappa shape index (κ1) is 16.3. The lowest BCUT2D eigenvalue weighted by molar-refractivity contribution is 0.241. The van der Waals surface area contributed by atoms with Gasteiger partial charge in [-0.1, -0.05) is 6.07 Å². The van der Waals surface area contributed by atoms with E-state index in [1.807, 2.05) is 12.1 Å². The Balaban J connectivity index is 1.49. The molecule has 1 saturated heterocycles. The number of hydrogen-bond acceptors (Lipinski definition) is 4. The summed E-state index contributed by atoms with van der Waals surface area (Å²) in [6.45, 7) is 5.72. The van der Waals surface area contributed by atoms with E-state index in [-0.39, 0.29) is 11.4 Å². The van der Waals surface area contributed by atoms with Crippen molar-refractivity contribution >= 4 is 5.69 Å². The molecule has 0 spiro atoms. The van der Waals surface area contributed by atoms with Crippen LogP contribution in [-0.2, 0) is 19.5 Å². The van der Waals surface area contributed by atoms with Crippen molar-refractivity contribution in [1.82, 2.24) is 14.9 Å². The zero-order valence-electron chi connectivity index (χ0n) is 14.5. The maximum absolute atomic E-state index is 14.5. The minimum absolute atomic E-state index is 0.0530. The molecule has 1 aromatic carbocycles. The summed E-state index contributed by atoms with van der Waals surface area (Å²) in [5.74, 6) is 0.517. The van der Waals surface area contributed by atoms with E-state index < -0.39 is 0 Å². The molecule has 2 aliphatic heterocycles. The predicted molar refractivity (Wildman–Crippen MR) is 95.3 cm³/mol. The van der Waals surface area contributed by atoms with Crippen molar-refractivity contribution in [3.05, 3.63) is 57.0 Å². The number of benzene rings is 1. The molecule has 1 N–H and O–H groups in total. The summed E-state index contributed by atoms with van der Waals surface area (Å²) in [5, 5.41) is 0. The van der Waals surface area contributed by atoms with Gasteiger partial charge in [-0.25, -0.2) is 9.37 Å². The first-order valence-corrected chi connectivity index (χ1v) is 8.94. The summed E-state index contributed by atoms with van der Waals surface area (Å²) < 4.78 is 14.5. The van der Waals surface area contributed by atoms with Gasteiger partial charge in [-0.05, 0) is 37.5 Å². The van der Waals surface area contributed by atoms with Crippen molar-refractivity contribution in [1.29, 1.82) is 0 Å². The molecule has 0 saturated carbocycles. The van der Waals surface area contributed by atoms with E-state index in [2.05, 4.69) is 19.8 Å². The number of hydrogen-bond donors (Lipinski definition) is 1. The van der Waals surface area contributed by atoms with Gasteiger partial charge in [0.05, 0.1) is 16.9 Å². The highest BCUT2D eigenvalue weighted by Gasteiger charge is 2.21. The van der Waals surface area contributed by atoms with Crippen LogP contribution in [0.25, 0.3) is 0 Å². The largest absolute Gasteiger partial charge is 0.369 e. The van der Waals surface area contributed by atoms with Crippen LogP contribution in [-0.4, -0.2) is 34.5 Å². The summed E-state index contributed by atoms with van der Waals surface area (Å²) in [6, 6.07) is 5.54. The van der Waals surface area contributed by atoms with Gasteiger partial charge in [-0.3, -0.25) is 9.69 Å². The smallest absolute Gasteiger partial charge is 0.255 e. The third-order valence-electron chi connectivity index (χ3n) is 5.13. The topological polar surface area (TPSA) is 52.2 Å². The molecule has 0 unspecified atom stereocenters. The molecule has 2 aromatic rings. The predicted octanol–water partition coefficient (Wildman–Crippen LogP) is 2.38. The molecule has 2 aliphatic rings. The highest BCUT2D eigenvalue weighted by atomic mass is 19.1. The molecule has 25 heavy (non-hydrogen) atoms. The second-order valence-corrected chi connectivity index (χ2v) is 7.02. The second-order valence-electron chi connectivity index (χ2n) is 7.02. The summed E-state index contributed by atoms with van der Waals surface area (Å²) in [5.41, 5.74) is 3.24. The van der Waals surface area contributed by atoms with Crippen LogP contribution in [0, 0.1) is 12.7 Å². The average Bonchev–Trinajstić information content (AvgIpc) is 3.10. The Labute approximate surface area is 146 Å². The van der Waals surface area contributed by atoms with Gasteiger partial charge in [0.1, 0.15) is 11.6 Å². The van der Waals surface area contributed by atoms with Crippen LogP contribution in [0.15, 0.2) is 23.0 Å². The maximum Gasteiger partial charge on any atom is 0.255 e. The van der Waals surface area contributed by atoms with E-state index in [1.165, 1.54) is 0 Å². The number of rotatable bonds is 3. The van der Waals surface area contributed by atoms with Gasteiger partial charge in [-0.15, -0.1) is 0 Å². The Morgan fingerprint density at radius 2 is 2.04 bits per heavy atom. The van der Waals surface area contributed by atoms with Crippen LogP contribution in [0.3, 0.4) is 0 Å². The highest BCUT2D eigenvalue weighted by molar-refractivity contribution is 5.49. The molecule has 0 bridgehead atoms. The summed E-state index contributed by atoms with van der Waals surface area (Å²) >= 11 is 0. The molecule has 1 fully saturated rings. The Morgan fingerprint density at radius 3 is 2.80 bits per heavy atom. The molecule has 0 amide bonds. The normalized spacial score (nSPS) is 17.8. The molecular weight excluding hydrogens is 319 g/mol. The number of H-pyrrole nitrogens is 1. The number of aryl methyl sites for hydroxylation is 1. The molecule has 4 rings (SSSR count). The molecule has 0 atom stereocenters. The second kappa shape index (κ2) is 6.59. The van der Waals surface area contributed by atoms with Crippen LogP contribution in [0.4, 0.5) is 10.1 Å². The lowest BCUT2D eigenvalue weighted by Gasteiger charge is -2.28. The molecule has 3 heterocycles. The summed E-state index contributed by atoms with van der Waals surface area (Å²) in [6.07, 6.45) is 3.03. The van der Waals surface area contributed by atoms with Crippen LogP contribution in [0.2, 0.25) is 0 Å². The van der Waals surface area contributed by atoms with E-state index in [4.69, 9.17) is 0 Å². The average molecular weight is 342 g/mol.